The van der Waals surface area contributed by atoms with E-state index < -0.39 is 24.3 Å². The standard InChI is InChI=1S/C6H12N2.2C2HF3O2/c1-8-4-6(5-8)2-7-3-6;2*3-2(4,5)1(6)7/h7H,2-5H2,1H3;2*(H,6,7). The van der Waals surface area contributed by atoms with Gasteiger partial charge in [-0.25, -0.2) is 9.59 Å². The van der Waals surface area contributed by atoms with E-state index in [2.05, 4.69) is 17.3 Å². The van der Waals surface area contributed by atoms with Crippen molar-refractivity contribution in [3.63, 3.8) is 0 Å². The molecule has 0 amide bonds. The summed E-state index contributed by atoms with van der Waals surface area (Å²) in [6.45, 7) is 5.16. The SMILES string of the molecule is CN1CC2(CNC2)C1.O=C(O)C(F)(F)F.O=C(O)C(F)(F)F. The molecule has 0 bridgehead atoms. The van der Waals surface area contributed by atoms with E-state index in [0.717, 1.165) is 5.41 Å². The van der Waals surface area contributed by atoms with Crippen molar-refractivity contribution in [1.29, 1.82) is 0 Å². The predicted molar refractivity (Wildman–Crippen MR) is 60.2 cm³/mol. The molecular weight excluding hydrogens is 326 g/mol. The summed E-state index contributed by atoms with van der Waals surface area (Å²) in [4.78, 5) is 20.2. The van der Waals surface area contributed by atoms with Crippen molar-refractivity contribution in [2.45, 2.75) is 12.4 Å². The van der Waals surface area contributed by atoms with Gasteiger partial charge in [0, 0.05) is 31.6 Å². The normalized spacial score (nSPS) is 19.6. The van der Waals surface area contributed by atoms with Gasteiger partial charge < -0.3 is 20.4 Å². The second kappa shape index (κ2) is 7.13. The molecule has 0 unspecified atom stereocenters. The first-order valence-electron chi connectivity index (χ1n) is 5.69. The number of carboxylic acid groups (broad SMARTS) is 2. The minimum Gasteiger partial charge on any atom is -0.475 e. The van der Waals surface area contributed by atoms with Crippen molar-refractivity contribution < 1.29 is 46.1 Å². The summed E-state index contributed by atoms with van der Waals surface area (Å²) in [5, 5.41) is 17.5. The molecule has 0 saturated carbocycles. The van der Waals surface area contributed by atoms with Gasteiger partial charge in [0.25, 0.3) is 0 Å². The molecule has 0 radical (unpaired) electrons. The summed E-state index contributed by atoms with van der Waals surface area (Å²) < 4.78 is 63.5. The van der Waals surface area contributed by atoms with Crippen molar-refractivity contribution in [3.8, 4) is 0 Å². The Labute approximate surface area is 120 Å². The van der Waals surface area contributed by atoms with E-state index >= 15 is 0 Å². The van der Waals surface area contributed by atoms with E-state index in [4.69, 9.17) is 19.8 Å². The molecule has 3 N–H and O–H groups in total. The fraction of sp³-hybridized carbons (Fsp3) is 0.800. The van der Waals surface area contributed by atoms with E-state index in [-0.39, 0.29) is 0 Å². The second-order valence-corrected chi connectivity index (χ2v) is 4.88. The first kappa shape index (κ1) is 20.4. The van der Waals surface area contributed by atoms with Crippen molar-refractivity contribution in [2.75, 3.05) is 33.2 Å². The molecule has 0 aromatic carbocycles. The molecule has 12 heteroatoms. The molecule has 1 spiro atoms. The number of carboxylic acids is 2. The minimum absolute atomic E-state index is 0.731. The highest BCUT2D eigenvalue weighted by Gasteiger charge is 2.45. The third-order valence-corrected chi connectivity index (χ3v) is 2.70. The number of nitrogens with zero attached hydrogens (tertiary/aromatic N) is 1. The highest BCUT2D eigenvalue weighted by Crippen LogP contribution is 2.32. The van der Waals surface area contributed by atoms with Crippen LogP contribution in [0.5, 0.6) is 0 Å². The quantitative estimate of drug-likeness (QED) is 0.565. The Morgan fingerprint density at radius 2 is 1.23 bits per heavy atom. The fourth-order valence-corrected chi connectivity index (χ4v) is 1.80. The smallest absolute Gasteiger partial charge is 0.475 e. The predicted octanol–water partition coefficient (Wildman–Crippen LogP) is 0.788. The van der Waals surface area contributed by atoms with Gasteiger partial charge >= 0.3 is 24.3 Å². The summed E-state index contributed by atoms with van der Waals surface area (Å²) in [6.07, 6.45) is -10.2. The average molecular weight is 340 g/mol. The van der Waals surface area contributed by atoms with Crippen molar-refractivity contribution >= 4 is 11.9 Å². The van der Waals surface area contributed by atoms with Gasteiger partial charge in [0.1, 0.15) is 0 Å². The number of halogens is 6. The first-order chi connectivity index (χ1) is 9.69. The molecule has 130 valence electrons. The Kier molecular flexibility index (Phi) is 6.63. The maximum atomic E-state index is 10.6. The number of likely N-dealkylation sites (tertiary alicyclic amines) is 1. The average Bonchev–Trinajstić information content (AvgIpc) is 2.21. The van der Waals surface area contributed by atoms with Gasteiger partial charge in [0.05, 0.1) is 0 Å². The van der Waals surface area contributed by atoms with Crippen LogP contribution >= 0.6 is 0 Å². The molecule has 0 aliphatic carbocycles. The van der Waals surface area contributed by atoms with Gasteiger partial charge in [-0.3, -0.25) is 0 Å². The molecule has 2 fully saturated rings. The van der Waals surface area contributed by atoms with Crippen LogP contribution in [-0.4, -0.2) is 72.6 Å². The maximum Gasteiger partial charge on any atom is 0.490 e. The first-order valence-corrected chi connectivity index (χ1v) is 5.69. The number of aliphatic carboxylic acids is 2. The van der Waals surface area contributed by atoms with E-state index in [1.807, 2.05) is 0 Å². The molecule has 2 heterocycles. The van der Waals surface area contributed by atoms with Crippen LogP contribution in [0.3, 0.4) is 0 Å². The van der Waals surface area contributed by atoms with Crippen molar-refractivity contribution in [1.82, 2.24) is 10.2 Å². The van der Waals surface area contributed by atoms with E-state index in [1.54, 1.807) is 0 Å². The van der Waals surface area contributed by atoms with E-state index in [0.29, 0.717) is 0 Å². The molecule has 2 rings (SSSR count). The molecule has 22 heavy (non-hydrogen) atoms. The lowest BCUT2D eigenvalue weighted by molar-refractivity contribution is -0.193. The maximum absolute atomic E-state index is 10.6. The number of alkyl halides is 6. The summed E-state index contributed by atoms with van der Waals surface area (Å²) in [5.74, 6) is -5.51. The van der Waals surface area contributed by atoms with Crippen LogP contribution in [0.4, 0.5) is 26.3 Å². The van der Waals surface area contributed by atoms with Crippen LogP contribution in [0.1, 0.15) is 0 Å². The molecule has 2 aliphatic rings. The lowest BCUT2D eigenvalue weighted by Gasteiger charge is -2.55. The highest BCUT2D eigenvalue weighted by molar-refractivity contribution is 5.73. The summed E-state index contributed by atoms with van der Waals surface area (Å²) in [6, 6.07) is 0. The molecule has 2 saturated heterocycles. The van der Waals surface area contributed by atoms with Gasteiger partial charge in [-0.2, -0.15) is 26.3 Å². The van der Waals surface area contributed by atoms with Crippen LogP contribution in [0.25, 0.3) is 0 Å². The molecule has 0 aromatic heterocycles. The number of hydrogen-bond donors (Lipinski definition) is 3. The highest BCUT2D eigenvalue weighted by atomic mass is 19.4. The zero-order valence-corrected chi connectivity index (χ0v) is 11.3. The number of nitrogens with one attached hydrogen (secondary N) is 1. The third-order valence-electron chi connectivity index (χ3n) is 2.70. The Bertz CT molecular complexity index is 373. The zero-order valence-electron chi connectivity index (χ0n) is 11.3. The lowest BCUT2D eigenvalue weighted by Crippen LogP contribution is -2.69. The Morgan fingerprint density at radius 1 is 0.955 bits per heavy atom. The Hall–Kier alpha value is -1.56. The zero-order chi connectivity index (χ0) is 17.8. The Balaban J connectivity index is 0.000000303. The summed E-state index contributed by atoms with van der Waals surface area (Å²) in [7, 11) is 2.18. The number of hydrogen-bond acceptors (Lipinski definition) is 4. The van der Waals surface area contributed by atoms with Gasteiger partial charge in [-0.1, -0.05) is 0 Å². The van der Waals surface area contributed by atoms with Gasteiger partial charge in [-0.05, 0) is 7.05 Å². The largest absolute Gasteiger partial charge is 0.490 e. The Morgan fingerprint density at radius 3 is 1.27 bits per heavy atom. The van der Waals surface area contributed by atoms with Gasteiger partial charge in [-0.15, -0.1) is 0 Å². The topological polar surface area (TPSA) is 89.9 Å². The molecular formula is C10H14F6N2O4. The fourth-order valence-electron chi connectivity index (χ4n) is 1.80. The van der Waals surface area contributed by atoms with Crippen LogP contribution in [-0.2, 0) is 9.59 Å². The van der Waals surface area contributed by atoms with Crippen LogP contribution in [0.15, 0.2) is 0 Å². The van der Waals surface area contributed by atoms with E-state index in [1.165, 1.54) is 26.2 Å². The summed E-state index contributed by atoms with van der Waals surface area (Å²) >= 11 is 0. The summed E-state index contributed by atoms with van der Waals surface area (Å²) in [5.41, 5.74) is 0.731. The number of rotatable bonds is 0. The van der Waals surface area contributed by atoms with Crippen LogP contribution in [0, 0.1) is 5.41 Å². The monoisotopic (exact) mass is 340 g/mol. The van der Waals surface area contributed by atoms with Crippen molar-refractivity contribution in [2.24, 2.45) is 5.41 Å². The van der Waals surface area contributed by atoms with Crippen LogP contribution < -0.4 is 5.32 Å². The molecule has 2 aliphatic heterocycles. The van der Waals surface area contributed by atoms with Crippen LogP contribution in [0.2, 0.25) is 0 Å². The van der Waals surface area contributed by atoms with Gasteiger partial charge in [0.2, 0.25) is 0 Å². The molecule has 6 nitrogen and oxygen atoms in total. The van der Waals surface area contributed by atoms with E-state index in [9.17, 15) is 26.3 Å². The third kappa shape index (κ3) is 6.93. The van der Waals surface area contributed by atoms with Gasteiger partial charge in [0.15, 0.2) is 0 Å². The molecule has 0 atom stereocenters. The minimum atomic E-state index is -5.08. The van der Waals surface area contributed by atoms with Crippen molar-refractivity contribution in [3.05, 3.63) is 0 Å². The second-order valence-electron chi connectivity index (χ2n) is 4.88. The molecule has 0 aromatic rings. The lowest BCUT2D eigenvalue weighted by atomic mass is 9.75. The number of carbonyl (C=O) groups is 2.